The number of hydrogen-bond acceptors (Lipinski definition) is 2. The van der Waals surface area contributed by atoms with Crippen LogP contribution in [0.25, 0.3) is 0 Å². The Hall–Kier alpha value is -1.38. The van der Waals surface area contributed by atoms with Crippen molar-refractivity contribution >= 4 is 5.97 Å². The zero-order valence-corrected chi connectivity index (χ0v) is 11.0. The zero-order chi connectivity index (χ0) is 13.1. The van der Waals surface area contributed by atoms with Crippen molar-refractivity contribution in [2.45, 2.75) is 43.9 Å². The number of carboxylic acids is 1. The van der Waals surface area contributed by atoms with E-state index in [2.05, 4.69) is 11.1 Å². The molecule has 0 saturated heterocycles. The lowest BCUT2D eigenvalue weighted by atomic mass is 9.43. The maximum Gasteiger partial charge on any atom is 0.309 e. The summed E-state index contributed by atoms with van der Waals surface area (Å²) in [6.45, 7) is 0. The molecule has 1 aromatic heterocycles. The van der Waals surface area contributed by atoms with E-state index in [9.17, 15) is 9.90 Å². The Balaban J connectivity index is 1.80. The fraction of sp³-hybridized carbons (Fsp3) is 0.625. The smallest absolute Gasteiger partial charge is 0.309 e. The average Bonchev–Trinajstić information content (AvgIpc) is 2.38. The second-order valence-corrected chi connectivity index (χ2v) is 7.07. The number of carboxylic acid groups (broad SMARTS) is 1. The third-order valence-electron chi connectivity index (χ3n) is 5.79. The first-order valence-electron chi connectivity index (χ1n) is 7.26. The van der Waals surface area contributed by atoms with Crippen LogP contribution in [0.2, 0.25) is 0 Å². The summed E-state index contributed by atoms with van der Waals surface area (Å²) in [5, 5.41) is 9.72. The normalized spacial score (nSPS) is 43.4. The van der Waals surface area contributed by atoms with Crippen LogP contribution in [0.3, 0.4) is 0 Å². The van der Waals surface area contributed by atoms with Crippen molar-refractivity contribution in [3.05, 3.63) is 30.1 Å². The van der Waals surface area contributed by atoms with E-state index < -0.39 is 11.4 Å². The molecule has 100 valence electrons. The van der Waals surface area contributed by atoms with Gasteiger partial charge in [0, 0.05) is 12.4 Å². The van der Waals surface area contributed by atoms with Crippen molar-refractivity contribution in [2.75, 3.05) is 0 Å². The summed E-state index contributed by atoms with van der Waals surface area (Å²) in [5.74, 6) is 0.657. The largest absolute Gasteiger partial charge is 0.481 e. The van der Waals surface area contributed by atoms with Crippen molar-refractivity contribution < 1.29 is 9.90 Å². The fourth-order valence-electron chi connectivity index (χ4n) is 5.53. The topological polar surface area (TPSA) is 50.2 Å². The lowest BCUT2D eigenvalue weighted by Gasteiger charge is -2.60. The molecular weight excluding hydrogens is 238 g/mol. The van der Waals surface area contributed by atoms with Crippen molar-refractivity contribution in [3.63, 3.8) is 0 Å². The third kappa shape index (κ3) is 1.50. The van der Waals surface area contributed by atoms with Crippen LogP contribution in [0.1, 0.15) is 44.1 Å². The van der Waals surface area contributed by atoms with E-state index in [1.165, 1.54) is 24.8 Å². The molecule has 19 heavy (non-hydrogen) atoms. The van der Waals surface area contributed by atoms with Gasteiger partial charge in [0.2, 0.25) is 0 Å². The number of hydrogen-bond donors (Lipinski definition) is 1. The second kappa shape index (κ2) is 3.59. The first-order chi connectivity index (χ1) is 9.12. The molecule has 3 nitrogen and oxygen atoms in total. The molecule has 0 radical (unpaired) electrons. The quantitative estimate of drug-likeness (QED) is 0.886. The minimum Gasteiger partial charge on any atom is -0.481 e. The molecule has 4 saturated carbocycles. The molecule has 0 aromatic carbocycles. The van der Waals surface area contributed by atoms with Gasteiger partial charge >= 0.3 is 5.97 Å². The van der Waals surface area contributed by atoms with Crippen LogP contribution in [0.5, 0.6) is 0 Å². The Morgan fingerprint density at radius 1 is 1.26 bits per heavy atom. The van der Waals surface area contributed by atoms with Crippen LogP contribution in [0, 0.1) is 17.3 Å². The van der Waals surface area contributed by atoms with Gasteiger partial charge < -0.3 is 5.11 Å². The maximum atomic E-state index is 11.8. The van der Waals surface area contributed by atoms with Gasteiger partial charge in [-0.3, -0.25) is 9.78 Å². The summed E-state index contributed by atoms with van der Waals surface area (Å²) in [6, 6.07) is 4.14. The molecule has 1 aromatic rings. The van der Waals surface area contributed by atoms with Crippen molar-refractivity contribution in [1.82, 2.24) is 4.98 Å². The lowest BCUT2D eigenvalue weighted by molar-refractivity contribution is -0.167. The molecule has 1 heterocycles. The second-order valence-electron chi connectivity index (χ2n) is 7.07. The number of pyridine rings is 1. The number of aliphatic carboxylic acids is 1. The van der Waals surface area contributed by atoms with Crippen LogP contribution in [0.4, 0.5) is 0 Å². The van der Waals surface area contributed by atoms with Gasteiger partial charge in [-0.1, -0.05) is 6.07 Å². The summed E-state index contributed by atoms with van der Waals surface area (Å²) in [5.41, 5.74) is 0.922. The van der Waals surface area contributed by atoms with Gasteiger partial charge in [0.25, 0.3) is 0 Å². The van der Waals surface area contributed by atoms with E-state index in [1.807, 2.05) is 12.3 Å². The van der Waals surface area contributed by atoms with Gasteiger partial charge in [-0.2, -0.15) is 0 Å². The van der Waals surface area contributed by atoms with Crippen LogP contribution in [-0.2, 0) is 10.2 Å². The van der Waals surface area contributed by atoms with Crippen LogP contribution in [0.15, 0.2) is 24.5 Å². The van der Waals surface area contributed by atoms with E-state index in [4.69, 9.17) is 0 Å². The molecule has 4 aliphatic rings. The zero-order valence-electron chi connectivity index (χ0n) is 11.0. The van der Waals surface area contributed by atoms with Gasteiger partial charge in [-0.15, -0.1) is 0 Å². The number of carbonyl (C=O) groups is 1. The molecule has 5 rings (SSSR count). The first-order valence-corrected chi connectivity index (χ1v) is 7.26. The predicted molar refractivity (Wildman–Crippen MR) is 70.7 cm³/mol. The summed E-state index contributed by atoms with van der Waals surface area (Å²) in [7, 11) is 0. The molecular formula is C16H19NO2. The highest BCUT2D eigenvalue weighted by molar-refractivity contribution is 5.75. The van der Waals surface area contributed by atoms with Gasteiger partial charge in [0.05, 0.1) is 5.41 Å². The molecule has 4 bridgehead atoms. The molecule has 0 aliphatic heterocycles. The Morgan fingerprint density at radius 3 is 2.58 bits per heavy atom. The van der Waals surface area contributed by atoms with E-state index in [-0.39, 0.29) is 5.41 Å². The Bertz CT molecular complexity index is 511. The molecule has 1 N–H and O–H groups in total. The summed E-state index contributed by atoms with van der Waals surface area (Å²) >= 11 is 0. The lowest BCUT2D eigenvalue weighted by Crippen LogP contribution is -2.56. The monoisotopic (exact) mass is 257 g/mol. The van der Waals surface area contributed by atoms with Crippen molar-refractivity contribution in [1.29, 1.82) is 0 Å². The Morgan fingerprint density at radius 2 is 2.00 bits per heavy atom. The van der Waals surface area contributed by atoms with E-state index in [0.29, 0.717) is 11.8 Å². The highest BCUT2D eigenvalue weighted by Crippen LogP contribution is 2.65. The number of aromatic nitrogens is 1. The molecule has 0 spiro atoms. The van der Waals surface area contributed by atoms with E-state index in [0.717, 1.165) is 19.3 Å². The number of rotatable bonds is 2. The van der Waals surface area contributed by atoms with Crippen LogP contribution in [-0.4, -0.2) is 16.1 Å². The molecule has 2 atom stereocenters. The molecule has 3 heteroatoms. The summed E-state index contributed by atoms with van der Waals surface area (Å²) < 4.78 is 0. The molecule has 2 unspecified atom stereocenters. The average molecular weight is 257 g/mol. The Kier molecular flexibility index (Phi) is 2.16. The SMILES string of the molecule is O=C(O)C12CC3CC(C1)CC(c1cccnc1)(C3)C2. The molecule has 4 aliphatic carbocycles. The van der Waals surface area contributed by atoms with Crippen molar-refractivity contribution in [3.8, 4) is 0 Å². The molecule has 4 fully saturated rings. The highest BCUT2D eigenvalue weighted by Gasteiger charge is 2.61. The molecule has 0 amide bonds. The predicted octanol–water partition coefficient (Wildman–Crippen LogP) is 3.00. The highest BCUT2D eigenvalue weighted by atomic mass is 16.4. The van der Waals surface area contributed by atoms with Gasteiger partial charge in [-0.25, -0.2) is 0 Å². The summed E-state index contributed by atoms with van der Waals surface area (Å²) in [6.07, 6.45) is 9.99. The van der Waals surface area contributed by atoms with Gasteiger partial charge in [0.1, 0.15) is 0 Å². The van der Waals surface area contributed by atoms with Crippen LogP contribution >= 0.6 is 0 Å². The Labute approximate surface area is 113 Å². The number of nitrogens with zero attached hydrogens (tertiary/aromatic N) is 1. The van der Waals surface area contributed by atoms with E-state index in [1.54, 1.807) is 6.20 Å². The third-order valence-corrected chi connectivity index (χ3v) is 5.79. The van der Waals surface area contributed by atoms with Gasteiger partial charge in [0.15, 0.2) is 0 Å². The van der Waals surface area contributed by atoms with Gasteiger partial charge in [-0.05, 0) is 67.4 Å². The maximum absolute atomic E-state index is 11.8. The van der Waals surface area contributed by atoms with Crippen molar-refractivity contribution in [2.24, 2.45) is 17.3 Å². The minimum absolute atomic E-state index is 0.0940. The first kappa shape index (κ1) is 11.4. The van der Waals surface area contributed by atoms with E-state index >= 15 is 0 Å². The summed E-state index contributed by atoms with van der Waals surface area (Å²) in [4.78, 5) is 16.1. The standard InChI is InChI=1S/C16H19NO2/c18-14(19)16-7-11-4-12(8-16)6-15(5-11,10-16)13-2-1-3-17-9-13/h1-3,9,11-12H,4-8,10H2,(H,18,19). The minimum atomic E-state index is -0.560. The van der Waals surface area contributed by atoms with Crippen LogP contribution < -0.4 is 0 Å². The fourth-order valence-corrected chi connectivity index (χ4v) is 5.53.